The summed E-state index contributed by atoms with van der Waals surface area (Å²) in [5.74, 6) is 0.669. The van der Waals surface area contributed by atoms with Crippen LogP contribution in [0.25, 0.3) is 16.7 Å². The van der Waals surface area contributed by atoms with E-state index in [4.69, 9.17) is 11.6 Å². The van der Waals surface area contributed by atoms with Gasteiger partial charge in [-0.3, -0.25) is 0 Å². The van der Waals surface area contributed by atoms with Crippen molar-refractivity contribution in [2.24, 2.45) is 0 Å². The fraction of sp³-hybridized carbons (Fsp3) is 0.190. The van der Waals surface area contributed by atoms with E-state index >= 15 is 0 Å². The molecule has 0 N–H and O–H groups in total. The Morgan fingerprint density at radius 1 is 0.793 bits per heavy atom. The van der Waals surface area contributed by atoms with Crippen LogP contribution in [-0.4, -0.2) is 45.9 Å². The smallest absolute Gasteiger partial charge is 0.168 e. The first kappa shape index (κ1) is 17.9. The lowest BCUT2D eigenvalue weighted by Gasteiger charge is -2.36. The zero-order valence-electron chi connectivity index (χ0n) is 15.5. The van der Waals surface area contributed by atoms with Gasteiger partial charge in [-0.25, -0.2) is 19.0 Å². The van der Waals surface area contributed by atoms with Crippen molar-refractivity contribution >= 4 is 34.1 Å². The Hall–Kier alpha value is -3.19. The molecule has 0 atom stereocenters. The molecule has 6 nitrogen and oxygen atoms in total. The minimum absolute atomic E-state index is 0.214. The lowest BCUT2D eigenvalue weighted by atomic mass is 10.2. The average molecular weight is 409 g/mol. The Kier molecular flexibility index (Phi) is 4.52. The lowest BCUT2D eigenvalue weighted by Crippen LogP contribution is -2.46. The number of aromatic nitrogens is 4. The van der Waals surface area contributed by atoms with Gasteiger partial charge in [-0.15, -0.1) is 0 Å². The number of hydrogen-bond acceptors (Lipinski definition) is 5. The van der Waals surface area contributed by atoms with Crippen LogP contribution in [-0.2, 0) is 0 Å². The molecule has 0 unspecified atom stereocenters. The second kappa shape index (κ2) is 7.33. The van der Waals surface area contributed by atoms with Gasteiger partial charge in [0.15, 0.2) is 5.65 Å². The van der Waals surface area contributed by atoms with Crippen LogP contribution in [0.5, 0.6) is 0 Å². The summed E-state index contributed by atoms with van der Waals surface area (Å²) in [5, 5.41) is 6.11. The third-order valence-corrected chi connectivity index (χ3v) is 5.44. The van der Waals surface area contributed by atoms with Gasteiger partial charge in [0.2, 0.25) is 0 Å². The van der Waals surface area contributed by atoms with Crippen molar-refractivity contribution in [3.05, 3.63) is 71.9 Å². The summed E-state index contributed by atoms with van der Waals surface area (Å²) in [6.45, 7) is 3.30. The van der Waals surface area contributed by atoms with Crippen LogP contribution in [0.15, 0.2) is 61.1 Å². The number of piperazine rings is 1. The minimum atomic E-state index is -0.214. The van der Waals surface area contributed by atoms with Crippen LogP contribution < -0.4 is 9.80 Å². The Morgan fingerprint density at radius 2 is 1.45 bits per heavy atom. The highest BCUT2D eigenvalue weighted by Gasteiger charge is 2.21. The number of rotatable bonds is 3. The van der Waals surface area contributed by atoms with Gasteiger partial charge >= 0.3 is 0 Å². The van der Waals surface area contributed by atoms with Crippen molar-refractivity contribution < 1.29 is 4.39 Å². The highest BCUT2D eigenvalue weighted by molar-refractivity contribution is 6.30. The summed E-state index contributed by atoms with van der Waals surface area (Å²) >= 11 is 6.00. The molecule has 0 amide bonds. The monoisotopic (exact) mass is 408 g/mol. The van der Waals surface area contributed by atoms with Crippen molar-refractivity contribution in [2.45, 2.75) is 0 Å². The zero-order valence-corrected chi connectivity index (χ0v) is 16.3. The molecule has 0 bridgehead atoms. The molecule has 1 aliphatic heterocycles. The topological polar surface area (TPSA) is 50.1 Å². The molecule has 3 heterocycles. The summed E-state index contributed by atoms with van der Waals surface area (Å²) in [6.07, 6.45) is 3.39. The van der Waals surface area contributed by atoms with Gasteiger partial charge in [0, 0.05) is 36.9 Å². The molecule has 0 radical (unpaired) electrons. The minimum Gasteiger partial charge on any atom is -0.368 e. The fourth-order valence-corrected chi connectivity index (χ4v) is 3.81. The molecule has 0 aliphatic carbocycles. The Morgan fingerprint density at radius 3 is 2.17 bits per heavy atom. The first-order valence-electron chi connectivity index (χ1n) is 9.39. The van der Waals surface area contributed by atoms with Gasteiger partial charge in [0.25, 0.3) is 0 Å². The molecule has 146 valence electrons. The zero-order chi connectivity index (χ0) is 19.8. The van der Waals surface area contributed by atoms with Crippen LogP contribution in [0.2, 0.25) is 5.02 Å². The van der Waals surface area contributed by atoms with Gasteiger partial charge in [0.1, 0.15) is 18.0 Å². The average Bonchev–Trinajstić information content (AvgIpc) is 3.19. The molecule has 0 spiro atoms. The Balaban J connectivity index is 1.40. The predicted octanol–water partition coefficient (Wildman–Crippen LogP) is 3.93. The van der Waals surface area contributed by atoms with E-state index in [1.54, 1.807) is 11.0 Å². The van der Waals surface area contributed by atoms with E-state index in [9.17, 15) is 4.39 Å². The first-order valence-corrected chi connectivity index (χ1v) is 9.77. The number of fused-ring (bicyclic) bond motifs is 1. The van der Waals surface area contributed by atoms with Crippen LogP contribution in [0, 0.1) is 5.82 Å². The molecular weight excluding hydrogens is 391 g/mol. The van der Waals surface area contributed by atoms with Crippen molar-refractivity contribution in [1.82, 2.24) is 19.7 Å². The summed E-state index contributed by atoms with van der Waals surface area (Å²) in [6, 6.07) is 14.1. The SMILES string of the molecule is Fc1ccc(N2CCN(c3ncnc4c3cnn4-c3ccc(Cl)cc3)CC2)cc1. The maximum atomic E-state index is 13.2. The first-order chi connectivity index (χ1) is 14.2. The van der Waals surface area contributed by atoms with Crippen LogP contribution in [0.3, 0.4) is 0 Å². The number of hydrogen-bond donors (Lipinski definition) is 0. The molecule has 0 saturated carbocycles. The molecule has 1 saturated heterocycles. The van der Waals surface area contributed by atoms with E-state index in [1.807, 2.05) is 42.6 Å². The van der Waals surface area contributed by atoms with Gasteiger partial charge in [-0.1, -0.05) is 11.6 Å². The molecule has 1 aliphatic rings. The molecule has 29 heavy (non-hydrogen) atoms. The van der Waals surface area contributed by atoms with E-state index in [0.717, 1.165) is 54.4 Å². The molecular formula is C21H18ClFN6. The summed E-state index contributed by atoms with van der Waals surface area (Å²) in [7, 11) is 0. The van der Waals surface area contributed by atoms with E-state index in [0.29, 0.717) is 5.02 Å². The van der Waals surface area contributed by atoms with Crippen molar-refractivity contribution in [1.29, 1.82) is 0 Å². The van der Waals surface area contributed by atoms with Crippen LogP contribution >= 0.6 is 11.6 Å². The number of benzene rings is 2. The van der Waals surface area contributed by atoms with E-state index in [-0.39, 0.29) is 5.82 Å². The van der Waals surface area contributed by atoms with Crippen molar-refractivity contribution in [2.75, 3.05) is 36.0 Å². The highest BCUT2D eigenvalue weighted by atomic mass is 35.5. The fourth-order valence-electron chi connectivity index (χ4n) is 3.68. The third kappa shape index (κ3) is 3.38. The summed E-state index contributed by atoms with van der Waals surface area (Å²) in [4.78, 5) is 13.5. The third-order valence-electron chi connectivity index (χ3n) is 5.19. The second-order valence-corrected chi connectivity index (χ2v) is 7.35. The van der Waals surface area contributed by atoms with Gasteiger partial charge in [-0.05, 0) is 48.5 Å². The lowest BCUT2D eigenvalue weighted by molar-refractivity contribution is 0.624. The molecule has 8 heteroatoms. The van der Waals surface area contributed by atoms with Crippen LogP contribution in [0.1, 0.15) is 0 Å². The largest absolute Gasteiger partial charge is 0.368 e. The summed E-state index contributed by atoms with van der Waals surface area (Å²) < 4.78 is 15.0. The van der Waals surface area contributed by atoms with E-state index in [1.165, 1.54) is 12.1 Å². The van der Waals surface area contributed by atoms with Gasteiger partial charge in [0.05, 0.1) is 17.3 Å². The maximum absolute atomic E-state index is 13.2. The summed E-state index contributed by atoms with van der Waals surface area (Å²) in [5.41, 5.74) is 2.70. The molecule has 1 fully saturated rings. The molecule has 5 rings (SSSR count). The van der Waals surface area contributed by atoms with E-state index < -0.39 is 0 Å². The molecule has 2 aromatic heterocycles. The van der Waals surface area contributed by atoms with Gasteiger partial charge < -0.3 is 9.80 Å². The Labute approximate surface area is 172 Å². The number of halogens is 2. The highest BCUT2D eigenvalue weighted by Crippen LogP contribution is 2.27. The van der Waals surface area contributed by atoms with Gasteiger partial charge in [-0.2, -0.15) is 5.10 Å². The number of nitrogens with zero attached hydrogens (tertiary/aromatic N) is 6. The molecule has 4 aromatic rings. The predicted molar refractivity (Wildman–Crippen MR) is 112 cm³/mol. The van der Waals surface area contributed by atoms with Crippen molar-refractivity contribution in [3.63, 3.8) is 0 Å². The maximum Gasteiger partial charge on any atom is 0.168 e. The standard InChI is InChI=1S/C21H18ClFN6/c22-15-1-5-18(6-2-15)29-21-19(13-26-29)20(24-14-25-21)28-11-9-27(10-12-28)17-7-3-16(23)4-8-17/h1-8,13-14H,9-12H2. The van der Waals surface area contributed by atoms with Crippen LogP contribution in [0.4, 0.5) is 15.9 Å². The quantitative estimate of drug-likeness (QED) is 0.514. The molecule has 2 aromatic carbocycles. The second-order valence-electron chi connectivity index (χ2n) is 6.92. The normalized spacial score (nSPS) is 14.6. The van der Waals surface area contributed by atoms with E-state index in [2.05, 4.69) is 24.9 Å². The Bertz CT molecular complexity index is 1130. The number of anilines is 2. The van der Waals surface area contributed by atoms with Crippen molar-refractivity contribution in [3.8, 4) is 5.69 Å².